The molecule has 0 aliphatic carbocycles. The molecule has 2 aromatic carbocycles. The maximum absolute atomic E-state index is 12.1. The first-order valence-corrected chi connectivity index (χ1v) is 12.8. The van der Waals surface area contributed by atoms with Gasteiger partial charge in [0.15, 0.2) is 4.34 Å². The summed E-state index contributed by atoms with van der Waals surface area (Å²) in [5.41, 5.74) is 2.30. The Hall–Kier alpha value is -2.09. The smallest absolute Gasteiger partial charge is 0.230 e. The number of nitrogens with zero attached hydrogens (tertiary/aromatic N) is 2. The van der Waals surface area contributed by atoms with E-state index >= 15 is 0 Å². The standard InChI is InChI=1S/C24H29N3O2S2/c28-23(18-30-24-26-21-10-2-3-11-22(21)31-24)25-12-7-15-29-20-9-6-8-19(16-20)17-27-13-4-1-5-14-27/h2-3,6,8-11,16H,1,4-5,7,12-15,17-18H2,(H,25,28). The molecule has 1 fully saturated rings. The van der Waals surface area contributed by atoms with E-state index in [4.69, 9.17) is 4.74 Å². The molecule has 0 spiro atoms. The molecular formula is C24H29N3O2S2. The summed E-state index contributed by atoms with van der Waals surface area (Å²) in [6.07, 6.45) is 4.76. The number of aromatic nitrogens is 1. The topological polar surface area (TPSA) is 54.5 Å². The van der Waals surface area contributed by atoms with E-state index in [9.17, 15) is 4.79 Å². The number of thiazole rings is 1. The van der Waals surface area contributed by atoms with Crippen molar-refractivity contribution in [2.75, 3.05) is 32.0 Å². The molecule has 1 aromatic heterocycles. The first kappa shape index (κ1) is 22.1. The third kappa shape index (κ3) is 6.95. The molecule has 7 heteroatoms. The number of rotatable bonds is 10. The Kier molecular flexibility index (Phi) is 8.21. The number of fused-ring (bicyclic) bond motifs is 1. The average Bonchev–Trinajstić information content (AvgIpc) is 3.22. The summed E-state index contributed by atoms with van der Waals surface area (Å²) in [7, 11) is 0. The van der Waals surface area contributed by atoms with Crippen molar-refractivity contribution in [3.05, 3.63) is 54.1 Å². The predicted molar refractivity (Wildman–Crippen MR) is 129 cm³/mol. The molecule has 2 heterocycles. The predicted octanol–water partition coefficient (Wildman–Crippen LogP) is 4.96. The maximum Gasteiger partial charge on any atom is 0.230 e. The minimum atomic E-state index is 0.0350. The van der Waals surface area contributed by atoms with Gasteiger partial charge < -0.3 is 10.1 Å². The van der Waals surface area contributed by atoms with Gasteiger partial charge in [0.2, 0.25) is 5.91 Å². The van der Waals surface area contributed by atoms with Gasteiger partial charge in [-0.3, -0.25) is 9.69 Å². The fraction of sp³-hybridized carbons (Fsp3) is 0.417. The molecule has 0 unspecified atom stereocenters. The zero-order valence-electron chi connectivity index (χ0n) is 17.7. The first-order valence-electron chi connectivity index (χ1n) is 11.0. The Bertz CT molecular complexity index is 953. The van der Waals surface area contributed by atoms with Crippen LogP contribution in [0, 0.1) is 0 Å². The molecule has 1 aliphatic heterocycles. The Morgan fingerprint density at radius 1 is 1.13 bits per heavy atom. The van der Waals surface area contributed by atoms with E-state index < -0.39 is 0 Å². The largest absolute Gasteiger partial charge is 0.494 e. The number of ether oxygens (including phenoxy) is 1. The number of carbonyl (C=O) groups is 1. The number of thioether (sulfide) groups is 1. The van der Waals surface area contributed by atoms with Crippen molar-refractivity contribution in [2.24, 2.45) is 0 Å². The van der Waals surface area contributed by atoms with Gasteiger partial charge in [0.05, 0.1) is 22.6 Å². The Morgan fingerprint density at radius 2 is 2.00 bits per heavy atom. The molecule has 3 aromatic rings. The van der Waals surface area contributed by atoms with Gasteiger partial charge in [-0.2, -0.15) is 0 Å². The van der Waals surface area contributed by atoms with Crippen molar-refractivity contribution >= 4 is 39.2 Å². The number of carbonyl (C=O) groups excluding carboxylic acids is 1. The van der Waals surface area contributed by atoms with Gasteiger partial charge in [0.25, 0.3) is 0 Å². The Morgan fingerprint density at radius 3 is 2.87 bits per heavy atom. The van der Waals surface area contributed by atoms with E-state index in [2.05, 4.69) is 39.5 Å². The molecule has 1 aliphatic rings. The van der Waals surface area contributed by atoms with E-state index in [1.807, 2.05) is 24.3 Å². The third-order valence-electron chi connectivity index (χ3n) is 5.27. The highest BCUT2D eigenvalue weighted by atomic mass is 32.2. The number of nitrogens with one attached hydrogen (secondary N) is 1. The summed E-state index contributed by atoms with van der Waals surface area (Å²) in [5, 5.41) is 2.97. The molecule has 0 saturated carbocycles. The van der Waals surface area contributed by atoms with Crippen LogP contribution in [0.4, 0.5) is 0 Å². The van der Waals surface area contributed by atoms with E-state index in [-0.39, 0.29) is 5.91 Å². The van der Waals surface area contributed by atoms with Crippen LogP contribution in [0.15, 0.2) is 52.9 Å². The van der Waals surface area contributed by atoms with E-state index in [0.29, 0.717) is 18.9 Å². The second kappa shape index (κ2) is 11.5. The van der Waals surface area contributed by atoms with Gasteiger partial charge >= 0.3 is 0 Å². The molecule has 0 bridgehead atoms. The fourth-order valence-electron chi connectivity index (χ4n) is 3.69. The summed E-state index contributed by atoms with van der Waals surface area (Å²) in [5.74, 6) is 1.33. The van der Waals surface area contributed by atoms with Crippen LogP contribution < -0.4 is 10.1 Å². The highest BCUT2D eigenvalue weighted by Gasteiger charge is 2.11. The number of hydrogen-bond acceptors (Lipinski definition) is 6. The molecule has 1 saturated heterocycles. The summed E-state index contributed by atoms with van der Waals surface area (Å²) in [6, 6.07) is 16.4. The van der Waals surface area contributed by atoms with Crippen LogP contribution in [0.3, 0.4) is 0 Å². The van der Waals surface area contributed by atoms with Crippen molar-refractivity contribution in [2.45, 2.75) is 36.6 Å². The summed E-state index contributed by atoms with van der Waals surface area (Å²) < 4.78 is 7.99. The van der Waals surface area contributed by atoms with Crippen LogP contribution >= 0.6 is 23.1 Å². The maximum atomic E-state index is 12.1. The van der Waals surface area contributed by atoms with Gasteiger partial charge in [-0.05, 0) is 62.2 Å². The minimum absolute atomic E-state index is 0.0350. The third-order valence-corrected chi connectivity index (χ3v) is 7.45. The fourth-order valence-corrected chi connectivity index (χ4v) is 5.59. The summed E-state index contributed by atoms with van der Waals surface area (Å²) >= 11 is 3.12. The molecule has 5 nitrogen and oxygen atoms in total. The number of benzene rings is 2. The van der Waals surface area contributed by atoms with Crippen LogP contribution in [0.5, 0.6) is 5.75 Å². The molecule has 0 atom stereocenters. The van der Waals surface area contributed by atoms with Gasteiger partial charge in [-0.15, -0.1) is 11.3 Å². The van der Waals surface area contributed by atoms with E-state index in [1.165, 1.54) is 49.7 Å². The van der Waals surface area contributed by atoms with Crippen molar-refractivity contribution < 1.29 is 9.53 Å². The lowest BCUT2D eigenvalue weighted by atomic mass is 10.1. The molecule has 164 valence electrons. The second-order valence-electron chi connectivity index (χ2n) is 7.77. The van der Waals surface area contributed by atoms with Crippen molar-refractivity contribution in [1.29, 1.82) is 0 Å². The second-order valence-corrected chi connectivity index (χ2v) is 10.0. The first-order chi connectivity index (χ1) is 15.3. The highest BCUT2D eigenvalue weighted by molar-refractivity contribution is 8.01. The number of likely N-dealkylation sites (tertiary alicyclic amines) is 1. The number of piperidine rings is 1. The highest BCUT2D eigenvalue weighted by Crippen LogP contribution is 2.29. The van der Waals surface area contributed by atoms with E-state index in [1.54, 1.807) is 11.3 Å². The summed E-state index contributed by atoms with van der Waals surface area (Å²) in [6.45, 7) is 4.61. The van der Waals surface area contributed by atoms with Crippen LogP contribution in [0.2, 0.25) is 0 Å². The van der Waals surface area contributed by atoms with Crippen molar-refractivity contribution in [3.8, 4) is 5.75 Å². The SMILES string of the molecule is O=C(CSc1nc2ccccc2s1)NCCCOc1cccc(CN2CCCCC2)c1. The molecule has 1 amide bonds. The normalized spacial score (nSPS) is 14.6. The van der Waals surface area contributed by atoms with E-state index in [0.717, 1.165) is 33.3 Å². The van der Waals surface area contributed by atoms with Crippen molar-refractivity contribution in [3.63, 3.8) is 0 Å². The zero-order chi connectivity index (χ0) is 21.3. The average molecular weight is 456 g/mol. The van der Waals surface area contributed by atoms with Crippen LogP contribution in [0.1, 0.15) is 31.2 Å². The van der Waals surface area contributed by atoms with Crippen LogP contribution in [-0.4, -0.2) is 47.8 Å². The number of hydrogen-bond donors (Lipinski definition) is 1. The summed E-state index contributed by atoms with van der Waals surface area (Å²) in [4.78, 5) is 19.2. The Labute approximate surface area is 192 Å². The van der Waals surface area contributed by atoms with Gasteiger partial charge in [-0.1, -0.05) is 42.4 Å². The lowest BCUT2D eigenvalue weighted by Crippen LogP contribution is -2.29. The number of para-hydroxylation sites is 1. The molecule has 4 rings (SSSR count). The Balaban J connectivity index is 1.11. The van der Waals surface area contributed by atoms with Gasteiger partial charge in [0, 0.05) is 13.1 Å². The quantitative estimate of drug-likeness (QED) is 0.346. The molecular weight excluding hydrogens is 426 g/mol. The monoisotopic (exact) mass is 455 g/mol. The molecule has 31 heavy (non-hydrogen) atoms. The lowest BCUT2D eigenvalue weighted by molar-refractivity contribution is -0.118. The van der Waals surface area contributed by atoms with Gasteiger partial charge in [0.1, 0.15) is 5.75 Å². The minimum Gasteiger partial charge on any atom is -0.494 e. The lowest BCUT2D eigenvalue weighted by Gasteiger charge is -2.26. The number of amides is 1. The van der Waals surface area contributed by atoms with Crippen LogP contribution in [-0.2, 0) is 11.3 Å². The van der Waals surface area contributed by atoms with Crippen LogP contribution in [0.25, 0.3) is 10.2 Å². The zero-order valence-corrected chi connectivity index (χ0v) is 19.4. The van der Waals surface area contributed by atoms with Crippen molar-refractivity contribution in [1.82, 2.24) is 15.2 Å². The molecule has 0 radical (unpaired) electrons. The molecule has 1 N–H and O–H groups in total. The van der Waals surface area contributed by atoms with Gasteiger partial charge in [-0.25, -0.2) is 4.98 Å².